The van der Waals surface area contributed by atoms with Gasteiger partial charge in [0.2, 0.25) is 5.91 Å². The molecule has 0 saturated heterocycles. The van der Waals surface area contributed by atoms with Crippen LogP contribution in [0.15, 0.2) is 66.7 Å². The highest BCUT2D eigenvalue weighted by Gasteiger charge is 2.16. The first-order valence-corrected chi connectivity index (χ1v) is 10.1. The first-order chi connectivity index (χ1) is 15.5. The zero-order chi connectivity index (χ0) is 22.9. The average Bonchev–Trinajstić information content (AvgIpc) is 2.81. The van der Waals surface area contributed by atoms with Crippen molar-refractivity contribution in [1.82, 2.24) is 0 Å². The van der Waals surface area contributed by atoms with Crippen LogP contribution in [-0.4, -0.2) is 32.6 Å². The molecule has 7 heteroatoms. The second kappa shape index (κ2) is 10.9. The van der Waals surface area contributed by atoms with E-state index in [4.69, 9.17) is 14.2 Å². The summed E-state index contributed by atoms with van der Waals surface area (Å²) in [7, 11) is 2.98. The number of rotatable bonds is 9. The SMILES string of the molecule is COc1cc(NC(=O)c2ccccc2)c(OC)cc1NC(=O)CCOc1ccccc1C. The topological polar surface area (TPSA) is 85.9 Å². The molecule has 0 radical (unpaired) electrons. The Morgan fingerprint density at radius 3 is 2.00 bits per heavy atom. The van der Waals surface area contributed by atoms with E-state index in [1.165, 1.54) is 14.2 Å². The van der Waals surface area contributed by atoms with E-state index in [9.17, 15) is 9.59 Å². The van der Waals surface area contributed by atoms with Gasteiger partial charge < -0.3 is 24.8 Å². The fourth-order valence-corrected chi connectivity index (χ4v) is 3.06. The minimum atomic E-state index is -0.281. The number of hydrogen-bond donors (Lipinski definition) is 2. The van der Waals surface area contributed by atoms with Gasteiger partial charge in [0, 0.05) is 17.7 Å². The molecular weight excluding hydrogens is 408 g/mol. The summed E-state index contributed by atoms with van der Waals surface area (Å²) in [5.74, 6) is 1.01. The largest absolute Gasteiger partial charge is 0.494 e. The van der Waals surface area contributed by atoms with Crippen molar-refractivity contribution in [3.63, 3.8) is 0 Å². The Balaban J connectivity index is 1.67. The van der Waals surface area contributed by atoms with Gasteiger partial charge in [0.1, 0.15) is 17.2 Å². The summed E-state index contributed by atoms with van der Waals surface area (Å²) in [6.45, 7) is 2.19. The number of carbonyl (C=O) groups is 2. The summed E-state index contributed by atoms with van der Waals surface area (Å²) in [6.07, 6.45) is 0.159. The van der Waals surface area contributed by atoms with E-state index in [0.717, 1.165) is 11.3 Å². The fourth-order valence-electron chi connectivity index (χ4n) is 3.06. The second-order valence-corrected chi connectivity index (χ2v) is 6.99. The number of benzene rings is 3. The molecule has 0 aromatic heterocycles. The van der Waals surface area contributed by atoms with E-state index in [-0.39, 0.29) is 24.8 Å². The van der Waals surface area contributed by atoms with Crippen molar-refractivity contribution < 1.29 is 23.8 Å². The van der Waals surface area contributed by atoms with Crippen molar-refractivity contribution in [2.45, 2.75) is 13.3 Å². The van der Waals surface area contributed by atoms with Crippen LogP contribution in [0.25, 0.3) is 0 Å². The lowest BCUT2D eigenvalue weighted by molar-refractivity contribution is -0.116. The molecule has 0 heterocycles. The summed E-state index contributed by atoms with van der Waals surface area (Å²) < 4.78 is 16.5. The van der Waals surface area contributed by atoms with Gasteiger partial charge in [-0.2, -0.15) is 0 Å². The summed E-state index contributed by atoms with van der Waals surface area (Å²) in [5, 5.41) is 5.63. The van der Waals surface area contributed by atoms with E-state index < -0.39 is 0 Å². The van der Waals surface area contributed by atoms with Crippen molar-refractivity contribution in [2.75, 3.05) is 31.5 Å². The number of ether oxygens (including phenoxy) is 3. The quantitative estimate of drug-likeness (QED) is 0.511. The number of carbonyl (C=O) groups excluding carboxylic acids is 2. The molecule has 0 fully saturated rings. The highest BCUT2D eigenvalue weighted by molar-refractivity contribution is 6.05. The summed E-state index contributed by atoms with van der Waals surface area (Å²) in [6, 6.07) is 19.7. The lowest BCUT2D eigenvalue weighted by atomic mass is 10.2. The standard InChI is InChI=1S/C25H26N2O5/c1-17-9-7-8-12-21(17)32-14-13-24(28)26-19-15-23(31-3)20(16-22(19)30-2)27-25(29)18-10-5-4-6-11-18/h4-12,15-16H,13-14H2,1-3H3,(H,26,28)(H,27,29). The highest BCUT2D eigenvalue weighted by Crippen LogP contribution is 2.36. The number of anilines is 2. The van der Waals surface area contributed by atoms with Crippen LogP contribution in [0.2, 0.25) is 0 Å². The van der Waals surface area contributed by atoms with E-state index in [2.05, 4.69) is 10.6 Å². The third-order valence-electron chi connectivity index (χ3n) is 4.76. The maximum absolute atomic E-state index is 12.5. The molecule has 0 bridgehead atoms. The molecule has 0 spiro atoms. The van der Waals surface area contributed by atoms with Crippen LogP contribution < -0.4 is 24.8 Å². The summed E-state index contributed by atoms with van der Waals surface area (Å²) >= 11 is 0. The van der Waals surface area contributed by atoms with Crippen LogP contribution in [0.4, 0.5) is 11.4 Å². The lowest BCUT2D eigenvalue weighted by Crippen LogP contribution is -2.17. The van der Waals surface area contributed by atoms with E-state index in [0.29, 0.717) is 28.4 Å². The zero-order valence-electron chi connectivity index (χ0n) is 18.3. The van der Waals surface area contributed by atoms with Gasteiger partial charge in [-0.05, 0) is 30.7 Å². The van der Waals surface area contributed by atoms with Crippen molar-refractivity contribution in [3.05, 3.63) is 77.9 Å². The molecule has 0 aliphatic heterocycles. The predicted molar refractivity (Wildman–Crippen MR) is 124 cm³/mol. The number of hydrogen-bond acceptors (Lipinski definition) is 5. The van der Waals surface area contributed by atoms with Crippen molar-refractivity contribution in [2.24, 2.45) is 0 Å². The molecule has 3 rings (SSSR count). The zero-order valence-corrected chi connectivity index (χ0v) is 18.3. The molecule has 0 saturated carbocycles. The van der Waals surface area contributed by atoms with Gasteiger partial charge in [-0.25, -0.2) is 0 Å². The van der Waals surface area contributed by atoms with Crippen LogP contribution >= 0.6 is 0 Å². The Labute approximate surface area is 187 Å². The monoisotopic (exact) mass is 434 g/mol. The van der Waals surface area contributed by atoms with Crippen molar-refractivity contribution in [1.29, 1.82) is 0 Å². The first kappa shape index (κ1) is 22.7. The lowest BCUT2D eigenvalue weighted by Gasteiger charge is -2.16. The number of methoxy groups -OCH3 is 2. The Bertz CT molecular complexity index is 1080. The van der Waals surface area contributed by atoms with Gasteiger partial charge >= 0.3 is 0 Å². The van der Waals surface area contributed by atoms with Crippen LogP contribution in [-0.2, 0) is 4.79 Å². The molecule has 0 aliphatic carbocycles. The van der Waals surface area contributed by atoms with Crippen LogP contribution in [0.1, 0.15) is 22.3 Å². The normalized spacial score (nSPS) is 10.2. The number of amides is 2. The highest BCUT2D eigenvalue weighted by atomic mass is 16.5. The number of nitrogens with one attached hydrogen (secondary N) is 2. The van der Waals surface area contributed by atoms with Crippen LogP contribution in [0.5, 0.6) is 17.2 Å². The third kappa shape index (κ3) is 5.78. The number of aryl methyl sites for hydroxylation is 1. The molecule has 0 unspecified atom stereocenters. The Hall–Kier alpha value is -4.00. The molecule has 166 valence electrons. The molecule has 3 aromatic carbocycles. The van der Waals surface area contributed by atoms with Crippen LogP contribution in [0, 0.1) is 6.92 Å². The van der Waals surface area contributed by atoms with Gasteiger partial charge in [0.25, 0.3) is 5.91 Å². The first-order valence-electron chi connectivity index (χ1n) is 10.1. The predicted octanol–water partition coefficient (Wildman–Crippen LogP) is 4.67. The minimum Gasteiger partial charge on any atom is -0.494 e. The van der Waals surface area contributed by atoms with Gasteiger partial charge in [0.15, 0.2) is 0 Å². The van der Waals surface area contributed by atoms with E-state index in [1.807, 2.05) is 37.3 Å². The third-order valence-corrected chi connectivity index (χ3v) is 4.76. The molecule has 2 amide bonds. The van der Waals surface area contributed by atoms with Crippen molar-refractivity contribution >= 4 is 23.2 Å². The maximum Gasteiger partial charge on any atom is 0.255 e. The van der Waals surface area contributed by atoms with Gasteiger partial charge in [-0.15, -0.1) is 0 Å². The van der Waals surface area contributed by atoms with E-state index in [1.54, 1.807) is 36.4 Å². The minimum absolute atomic E-state index is 0.159. The summed E-state index contributed by atoms with van der Waals surface area (Å²) in [4.78, 5) is 25.0. The van der Waals surface area contributed by atoms with Crippen LogP contribution in [0.3, 0.4) is 0 Å². The Morgan fingerprint density at radius 2 is 1.38 bits per heavy atom. The molecule has 2 N–H and O–H groups in total. The molecule has 32 heavy (non-hydrogen) atoms. The molecule has 7 nitrogen and oxygen atoms in total. The van der Waals surface area contributed by atoms with Gasteiger partial charge in [-0.3, -0.25) is 9.59 Å². The molecule has 0 atom stereocenters. The Morgan fingerprint density at radius 1 is 0.781 bits per heavy atom. The fraction of sp³-hybridized carbons (Fsp3) is 0.200. The van der Waals surface area contributed by atoms with Crippen molar-refractivity contribution in [3.8, 4) is 17.2 Å². The number of para-hydroxylation sites is 1. The van der Waals surface area contributed by atoms with E-state index >= 15 is 0 Å². The maximum atomic E-state index is 12.5. The molecular formula is C25H26N2O5. The summed E-state index contributed by atoms with van der Waals surface area (Å²) in [5.41, 5.74) is 2.38. The Kier molecular flexibility index (Phi) is 7.70. The second-order valence-electron chi connectivity index (χ2n) is 6.99. The smallest absolute Gasteiger partial charge is 0.255 e. The van der Waals surface area contributed by atoms with Gasteiger partial charge in [-0.1, -0.05) is 36.4 Å². The van der Waals surface area contributed by atoms with Gasteiger partial charge in [0.05, 0.1) is 38.6 Å². The molecule has 3 aromatic rings. The average molecular weight is 434 g/mol. The molecule has 0 aliphatic rings.